The lowest BCUT2D eigenvalue weighted by atomic mass is 10.1. The highest BCUT2D eigenvalue weighted by Gasteiger charge is 2.19. The van der Waals surface area contributed by atoms with E-state index in [1.807, 2.05) is 10.6 Å². The van der Waals surface area contributed by atoms with Crippen LogP contribution in [-0.2, 0) is 11.3 Å². The number of fused-ring (bicyclic) bond motifs is 1. The molecule has 0 saturated heterocycles. The topological polar surface area (TPSA) is 94.3 Å². The monoisotopic (exact) mass is 435 g/mol. The molecule has 4 rings (SSSR count). The summed E-state index contributed by atoms with van der Waals surface area (Å²) in [5.74, 6) is -0.761. The van der Waals surface area contributed by atoms with Gasteiger partial charge in [-0.25, -0.2) is 9.78 Å². The first-order valence-electron chi connectivity index (χ1n) is 9.51. The lowest BCUT2D eigenvalue weighted by Crippen LogP contribution is -2.22. The minimum atomic E-state index is -1.04. The molecule has 8 heteroatoms. The second-order valence-electron chi connectivity index (χ2n) is 6.98. The van der Waals surface area contributed by atoms with Crippen LogP contribution in [0.3, 0.4) is 0 Å². The molecule has 1 atom stereocenters. The van der Waals surface area contributed by atoms with E-state index in [2.05, 4.69) is 9.97 Å². The number of hydrogen-bond acceptors (Lipinski definition) is 5. The van der Waals surface area contributed by atoms with E-state index in [4.69, 9.17) is 21.4 Å². The summed E-state index contributed by atoms with van der Waals surface area (Å²) in [5, 5.41) is 9.60. The van der Waals surface area contributed by atoms with E-state index in [0.717, 1.165) is 5.56 Å². The zero-order valence-corrected chi connectivity index (χ0v) is 17.3. The van der Waals surface area contributed by atoms with Crippen molar-refractivity contribution < 1.29 is 19.4 Å². The number of rotatable bonds is 7. The second-order valence-corrected chi connectivity index (χ2v) is 7.42. The van der Waals surface area contributed by atoms with Crippen LogP contribution in [0.1, 0.15) is 28.4 Å². The number of ether oxygens (including phenoxy) is 1. The maximum Gasteiger partial charge on any atom is 0.344 e. The van der Waals surface area contributed by atoms with Crippen molar-refractivity contribution in [1.29, 1.82) is 0 Å². The van der Waals surface area contributed by atoms with E-state index in [9.17, 15) is 9.59 Å². The Balaban J connectivity index is 1.67. The smallest absolute Gasteiger partial charge is 0.344 e. The second kappa shape index (κ2) is 8.57. The highest BCUT2D eigenvalue weighted by molar-refractivity contribution is 6.30. The number of carboxylic acids is 1. The molecule has 2 aromatic carbocycles. The normalized spacial score (nSPS) is 11.9. The first kappa shape index (κ1) is 20.6. The Kier molecular flexibility index (Phi) is 5.68. The number of ketones is 1. The molecule has 31 heavy (non-hydrogen) atoms. The summed E-state index contributed by atoms with van der Waals surface area (Å²) in [5.41, 5.74) is 2.90. The number of carbonyl (C=O) groups excluding carboxylic acids is 1. The fourth-order valence-corrected chi connectivity index (χ4v) is 3.35. The van der Waals surface area contributed by atoms with Crippen LogP contribution in [0.15, 0.2) is 67.1 Å². The van der Waals surface area contributed by atoms with Crippen LogP contribution in [0.2, 0.25) is 5.02 Å². The minimum absolute atomic E-state index is 0.173. The molecule has 0 bridgehead atoms. The number of benzene rings is 2. The van der Waals surface area contributed by atoms with Gasteiger partial charge in [-0.1, -0.05) is 23.7 Å². The largest absolute Gasteiger partial charge is 0.479 e. The van der Waals surface area contributed by atoms with Crippen molar-refractivity contribution in [2.24, 2.45) is 0 Å². The molecule has 0 fully saturated rings. The van der Waals surface area contributed by atoms with Gasteiger partial charge in [0.25, 0.3) is 0 Å². The molecule has 0 aliphatic rings. The molecular weight excluding hydrogens is 418 g/mol. The van der Waals surface area contributed by atoms with Crippen LogP contribution >= 0.6 is 11.6 Å². The highest BCUT2D eigenvalue weighted by atomic mass is 35.5. The van der Waals surface area contributed by atoms with E-state index >= 15 is 0 Å². The Labute approximate surface area is 182 Å². The molecule has 2 aromatic heterocycles. The van der Waals surface area contributed by atoms with Gasteiger partial charge in [0.1, 0.15) is 11.3 Å². The average molecular weight is 436 g/mol. The third-order valence-electron chi connectivity index (χ3n) is 4.75. The summed E-state index contributed by atoms with van der Waals surface area (Å²) in [7, 11) is 0. The maximum atomic E-state index is 13.1. The first-order valence-corrected chi connectivity index (χ1v) is 9.88. The van der Waals surface area contributed by atoms with E-state index in [-0.39, 0.29) is 5.78 Å². The molecule has 156 valence electrons. The van der Waals surface area contributed by atoms with Gasteiger partial charge in [-0.15, -0.1) is 0 Å². The average Bonchev–Trinajstić information content (AvgIpc) is 3.12. The van der Waals surface area contributed by atoms with Gasteiger partial charge >= 0.3 is 5.97 Å². The van der Waals surface area contributed by atoms with Crippen molar-refractivity contribution in [3.05, 3.63) is 88.8 Å². The van der Waals surface area contributed by atoms with Crippen molar-refractivity contribution in [2.75, 3.05) is 0 Å². The molecule has 0 aliphatic carbocycles. The third-order valence-corrected chi connectivity index (χ3v) is 5.01. The minimum Gasteiger partial charge on any atom is -0.479 e. The molecule has 0 aliphatic heterocycles. The van der Waals surface area contributed by atoms with E-state index < -0.39 is 12.1 Å². The van der Waals surface area contributed by atoms with Crippen molar-refractivity contribution in [3.8, 4) is 5.75 Å². The number of aliphatic carboxylic acids is 1. The molecule has 0 spiro atoms. The zero-order valence-electron chi connectivity index (χ0n) is 16.5. The van der Waals surface area contributed by atoms with Gasteiger partial charge in [-0.2, -0.15) is 0 Å². The molecule has 1 unspecified atom stereocenters. The number of nitrogens with zero attached hydrogens (tertiary/aromatic N) is 3. The van der Waals surface area contributed by atoms with Crippen molar-refractivity contribution in [2.45, 2.75) is 19.6 Å². The molecule has 1 N–H and O–H groups in total. The SMILES string of the molecule is CC(Oc1cccc(Cn2cc(C(=O)c3ccc(Cl)cc3)c3nccnc32)c1)C(=O)O. The van der Waals surface area contributed by atoms with Gasteiger partial charge in [0, 0.05) is 35.7 Å². The van der Waals surface area contributed by atoms with E-state index in [0.29, 0.717) is 39.6 Å². The summed E-state index contributed by atoms with van der Waals surface area (Å²) in [4.78, 5) is 32.9. The Bertz CT molecular complexity index is 1270. The fraction of sp³-hybridized carbons (Fsp3) is 0.130. The summed E-state index contributed by atoms with van der Waals surface area (Å²) in [6, 6.07) is 13.8. The summed E-state index contributed by atoms with van der Waals surface area (Å²) >= 11 is 5.93. The van der Waals surface area contributed by atoms with Gasteiger partial charge in [0.2, 0.25) is 0 Å². The van der Waals surface area contributed by atoms with Gasteiger partial charge in [-0.3, -0.25) is 9.78 Å². The predicted molar refractivity (Wildman–Crippen MR) is 116 cm³/mol. The van der Waals surface area contributed by atoms with E-state index in [1.54, 1.807) is 61.1 Å². The first-order chi connectivity index (χ1) is 14.9. The molecule has 7 nitrogen and oxygen atoms in total. The number of aromatic nitrogens is 3. The number of carboxylic acid groups (broad SMARTS) is 1. The van der Waals surface area contributed by atoms with E-state index in [1.165, 1.54) is 6.92 Å². The van der Waals surface area contributed by atoms with Gasteiger partial charge in [0.15, 0.2) is 17.5 Å². The highest BCUT2D eigenvalue weighted by Crippen LogP contribution is 2.23. The number of carbonyl (C=O) groups is 2. The van der Waals surface area contributed by atoms with Crippen molar-refractivity contribution >= 4 is 34.5 Å². The lowest BCUT2D eigenvalue weighted by molar-refractivity contribution is -0.144. The maximum absolute atomic E-state index is 13.1. The van der Waals surface area contributed by atoms with Crippen LogP contribution in [0, 0.1) is 0 Å². The van der Waals surface area contributed by atoms with Gasteiger partial charge < -0.3 is 14.4 Å². The molecule has 0 radical (unpaired) electrons. The van der Waals surface area contributed by atoms with Crippen molar-refractivity contribution in [1.82, 2.24) is 14.5 Å². The number of halogens is 1. The summed E-state index contributed by atoms with van der Waals surface area (Å²) in [6.45, 7) is 1.88. The predicted octanol–water partition coefficient (Wildman–Crippen LogP) is 4.22. The molecule has 0 amide bonds. The Hall–Kier alpha value is -3.71. The number of hydrogen-bond donors (Lipinski definition) is 1. The summed E-state index contributed by atoms with van der Waals surface area (Å²) in [6.07, 6.45) is 3.89. The molecule has 0 saturated carbocycles. The molecular formula is C23H18ClN3O4. The van der Waals surface area contributed by atoms with Crippen LogP contribution in [-0.4, -0.2) is 37.5 Å². The third kappa shape index (κ3) is 4.41. The molecule has 2 heterocycles. The standard InChI is InChI=1S/C23H18ClN3O4/c1-14(23(29)30)31-18-4-2-3-15(11-18)12-27-13-19(20-22(27)26-10-9-25-20)21(28)16-5-7-17(24)8-6-16/h2-11,13-14H,12H2,1H3,(H,29,30). The Morgan fingerprint density at radius 3 is 2.61 bits per heavy atom. The Morgan fingerprint density at radius 1 is 1.13 bits per heavy atom. The van der Waals surface area contributed by atoms with Crippen LogP contribution in [0.4, 0.5) is 0 Å². The van der Waals surface area contributed by atoms with Gasteiger partial charge in [-0.05, 0) is 48.9 Å². The van der Waals surface area contributed by atoms with Crippen LogP contribution in [0.5, 0.6) is 5.75 Å². The lowest BCUT2D eigenvalue weighted by Gasteiger charge is -2.12. The van der Waals surface area contributed by atoms with Crippen LogP contribution < -0.4 is 4.74 Å². The van der Waals surface area contributed by atoms with Crippen molar-refractivity contribution in [3.63, 3.8) is 0 Å². The molecule has 4 aromatic rings. The fourth-order valence-electron chi connectivity index (χ4n) is 3.22. The Morgan fingerprint density at radius 2 is 1.87 bits per heavy atom. The van der Waals surface area contributed by atoms with Crippen LogP contribution in [0.25, 0.3) is 11.2 Å². The summed E-state index contributed by atoms with van der Waals surface area (Å²) < 4.78 is 7.29. The quantitative estimate of drug-likeness (QED) is 0.437. The zero-order chi connectivity index (χ0) is 22.0. The van der Waals surface area contributed by atoms with Gasteiger partial charge in [0.05, 0.1) is 5.56 Å².